The zero-order valence-corrected chi connectivity index (χ0v) is 24.4. The molecule has 220 valence electrons. The second-order valence-electron chi connectivity index (χ2n) is 10.3. The van der Waals surface area contributed by atoms with Crippen molar-refractivity contribution in [1.29, 1.82) is 0 Å². The fourth-order valence-electron chi connectivity index (χ4n) is 5.55. The molecule has 0 fully saturated rings. The first-order chi connectivity index (χ1) is 21.3. The summed E-state index contributed by atoms with van der Waals surface area (Å²) in [4.78, 5) is 27.3. The lowest BCUT2D eigenvalue weighted by Crippen LogP contribution is -2.27. The first-order valence-electron chi connectivity index (χ1n) is 13.9. The fourth-order valence-corrected chi connectivity index (χ4v) is 6.28. The molecule has 13 heteroatoms. The van der Waals surface area contributed by atoms with Crippen molar-refractivity contribution in [2.24, 2.45) is 0 Å². The maximum absolute atomic E-state index is 13.1. The Labute approximate surface area is 252 Å². The summed E-state index contributed by atoms with van der Waals surface area (Å²) in [7, 11) is -2.24. The molecular weight excluding hydrogens is 578 g/mol. The van der Waals surface area contributed by atoms with Gasteiger partial charge in [0.2, 0.25) is 10.0 Å². The lowest BCUT2D eigenvalue weighted by molar-refractivity contribution is 0.0936. The Bertz CT molecular complexity index is 2140. The minimum atomic E-state index is -3.58. The monoisotopic (exact) mass is 605 g/mol. The molecule has 1 amide bonds. The molecule has 4 heterocycles. The Morgan fingerprint density at radius 2 is 1.84 bits per heavy atom. The molecule has 1 aliphatic carbocycles. The van der Waals surface area contributed by atoms with Crippen LogP contribution in [0.5, 0.6) is 0 Å². The highest BCUT2D eigenvalue weighted by Crippen LogP contribution is 2.36. The lowest BCUT2D eigenvalue weighted by Gasteiger charge is -2.16. The SMILES string of the molecule is CNS(=O)(=O)c1ccc(C(=O)N[C@H]2CCc3cc(-n4c(-c5cccnc5N)nc5ccc(-n6cccn6)nc54)ccc32)cc1. The number of nitrogens with zero attached hydrogens (tertiary/aromatic N) is 6. The van der Waals surface area contributed by atoms with E-state index >= 15 is 0 Å². The molecule has 0 unspecified atom stereocenters. The van der Waals surface area contributed by atoms with Crippen LogP contribution in [0, 0.1) is 0 Å². The van der Waals surface area contributed by atoms with Crippen molar-refractivity contribution < 1.29 is 13.2 Å². The number of fused-ring (bicyclic) bond motifs is 2. The van der Waals surface area contributed by atoms with Gasteiger partial charge < -0.3 is 11.1 Å². The minimum absolute atomic E-state index is 0.0981. The number of aryl methyl sites for hydroxylation is 1. The van der Waals surface area contributed by atoms with Crippen LogP contribution >= 0.6 is 0 Å². The maximum Gasteiger partial charge on any atom is 0.251 e. The normalized spacial score (nSPS) is 14.5. The third-order valence-corrected chi connectivity index (χ3v) is 9.20. The fraction of sp³-hybridized carbons (Fsp3) is 0.129. The van der Waals surface area contributed by atoms with Gasteiger partial charge in [-0.05, 0) is 97.7 Å². The summed E-state index contributed by atoms with van der Waals surface area (Å²) in [6.45, 7) is 0. The van der Waals surface area contributed by atoms with Crippen LogP contribution in [0.2, 0.25) is 0 Å². The van der Waals surface area contributed by atoms with Gasteiger partial charge in [0.25, 0.3) is 5.91 Å². The van der Waals surface area contributed by atoms with Crippen molar-refractivity contribution in [2.45, 2.75) is 23.8 Å². The van der Waals surface area contributed by atoms with E-state index in [1.165, 1.54) is 31.3 Å². The van der Waals surface area contributed by atoms with Crippen LogP contribution in [0.3, 0.4) is 0 Å². The number of nitrogens with one attached hydrogen (secondary N) is 2. The number of carbonyl (C=O) groups is 1. The molecule has 0 saturated carbocycles. The van der Waals surface area contributed by atoms with E-state index in [4.69, 9.17) is 15.7 Å². The van der Waals surface area contributed by atoms with Crippen LogP contribution in [0.1, 0.15) is 33.9 Å². The largest absolute Gasteiger partial charge is 0.383 e. The lowest BCUT2D eigenvalue weighted by atomic mass is 10.1. The molecule has 4 N–H and O–H groups in total. The predicted octanol–water partition coefficient (Wildman–Crippen LogP) is 3.58. The second kappa shape index (κ2) is 10.7. The quantitative estimate of drug-likeness (QED) is 0.249. The summed E-state index contributed by atoms with van der Waals surface area (Å²) in [6.07, 6.45) is 6.66. The number of imidazole rings is 1. The summed E-state index contributed by atoms with van der Waals surface area (Å²) >= 11 is 0. The number of benzene rings is 2. The van der Waals surface area contributed by atoms with Gasteiger partial charge in [0, 0.05) is 29.8 Å². The highest BCUT2D eigenvalue weighted by atomic mass is 32.2. The average Bonchev–Trinajstić information content (AvgIpc) is 3.80. The molecule has 2 aromatic carbocycles. The molecular formula is C31H27N9O3S. The number of hydrogen-bond acceptors (Lipinski definition) is 8. The average molecular weight is 606 g/mol. The molecule has 12 nitrogen and oxygen atoms in total. The van der Waals surface area contributed by atoms with E-state index in [9.17, 15) is 13.2 Å². The second-order valence-corrected chi connectivity index (χ2v) is 12.2. The van der Waals surface area contributed by atoms with Crippen molar-refractivity contribution in [3.05, 3.63) is 108 Å². The molecule has 0 saturated heterocycles. The van der Waals surface area contributed by atoms with Gasteiger partial charge in [-0.3, -0.25) is 9.36 Å². The van der Waals surface area contributed by atoms with E-state index in [1.807, 2.05) is 53.2 Å². The highest BCUT2D eigenvalue weighted by molar-refractivity contribution is 7.89. The first-order valence-corrected chi connectivity index (χ1v) is 15.4. The van der Waals surface area contributed by atoms with Crippen molar-refractivity contribution in [3.8, 4) is 22.9 Å². The smallest absolute Gasteiger partial charge is 0.251 e. The van der Waals surface area contributed by atoms with Crippen molar-refractivity contribution in [3.63, 3.8) is 0 Å². The molecule has 1 aliphatic rings. The van der Waals surface area contributed by atoms with Gasteiger partial charge >= 0.3 is 0 Å². The van der Waals surface area contributed by atoms with E-state index in [0.29, 0.717) is 39.8 Å². The summed E-state index contributed by atoms with van der Waals surface area (Å²) in [5.41, 5.74) is 11.7. The number of amides is 1. The van der Waals surface area contributed by atoms with E-state index < -0.39 is 10.0 Å². The van der Waals surface area contributed by atoms with Crippen LogP contribution in [-0.4, -0.2) is 50.7 Å². The Balaban J connectivity index is 1.24. The number of aromatic nitrogens is 6. The van der Waals surface area contributed by atoms with Gasteiger partial charge in [0.1, 0.15) is 11.3 Å². The van der Waals surface area contributed by atoms with Gasteiger partial charge in [-0.15, -0.1) is 0 Å². The van der Waals surface area contributed by atoms with Gasteiger partial charge in [0.15, 0.2) is 17.3 Å². The Hall–Kier alpha value is -5.40. The third-order valence-electron chi connectivity index (χ3n) is 7.77. The zero-order chi connectivity index (χ0) is 30.4. The van der Waals surface area contributed by atoms with Gasteiger partial charge in [0.05, 0.1) is 16.5 Å². The number of rotatable bonds is 7. The summed E-state index contributed by atoms with van der Waals surface area (Å²) in [5, 5.41) is 7.43. The van der Waals surface area contributed by atoms with Crippen molar-refractivity contribution >= 4 is 32.9 Å². The number of anilines is 1. The van der Waals surface area contributed by atoms with E-state index in [1.54, 1.807) is 17.1 Å². The standard InChI is InChI=1S/C31H27N9O3S/c1-33-44(42,43)22-9-5-19(6-10-22)31(41)37-25-12-7-20-18-21(8-11-23(20)25)40-29(24-4-2-15-34-28(24)32)36-26-13-14-27(38-30(26)40)39-17-3-16-35-39/h2-6,8-11,13-18,25,33H,7,12H2,1H3,(H2,32,34)(H,37,41)/t25-/m0/s1. The van der Waals surface area contributed by atoms with Gasteiger partial charge in [-0.25, -0.2) is 32.8 Å². The topological polar surface area (TPSA) is 163 Å². The predicted molar refractivity (Wildman–Crippen MR) is 165 cm³/mol. The summed E-state index contributed by atoms with van der Waals surface area (Å²) < 4.78 is 30.0. The maximum atomic E-state index is 13.1. The van der Waals surface area contributed by atoms with Crippen LogP contribution in [0.15, 0.2) is 96.3 Å². The number of sulfonamides is 1. The zero-order valence-electron chi connectivity index (χ0n) is 23.5. The Kier molecular flexibility index (Phi) is 6.67. The summed E-state index contributed by atoms with van der Waals surface area (Å²) in [6, 6.07) is 21.1. The van der Waals surface area contributed by atoms with Crippen LogP contribution in [0.25, 0.3) is 34.1 Å². The number of hydrogen-bond donors (Lipinski definition) is 3. The minimum Gasteiger partial charge on any atom is -0.383 e. The van der Waals surface area contributed by atoms with Gasteiger partial charge in [-0.1, -0.05) is 6.07 Å². The molecule has 0 radical (unpaired) electrons. The van der Waals surface area contributed by atoms with Gasteiger partial charge in [-0.2, -0.15) is 5.10 Å². The molecule has 4 aromatic heterocycles. The number of carbonyl (C=O) groups excluding carboxylic acids is 1. The molecule has 6 aromatic rings. The molecule has 1 atom stereocenters. The van der Waals surface area contributed by atoms with Crippen LogP contribution in [-0.2, 0) is 16.4 Å². The highest BCUT2D eigenvalue weighted by Gasteiger charge is 2.26. The Morgan fingerprint density at radius 3 is 2.59 bits per heavy atom. The number of pyridine rings is 2. The van der Waals surface area contributed by atoms with Crippen molar-refractivity contribution in [2.75, 3.05) is 12.8 Å². The molecule has 0 spiro atoms. The van der Waals surface area contributed by atoms with E-state index in [-0.39, 0.29) is 16.8 Å². The van der Waals surface area contributed by atoms with Crippen molar-refractivity contribution in [1.82, 2.24) is 39.3 Å². The molecule has 0 aliphatic heterocycles. The van der Waals surface area contributed by atoms with Crippen LogP contribution < -0.4 is 15.8 Å². The molecule has 7 rings (SSSR count). The third kappa shape index (κ3) is 4.77. The number of nitrogens with two attached hydrogens (primary N) is 1. The first kappa shape index (κ1) is 27.4. The number of nitrogen functional groups attached to an aromatic ring is 1. The summed E-state index contributed by atoms with van der Waals surface area (Å²) in [5.74, 6) is 1.35. The molecule has 0 bridgehead atoms. The van der Waals surface area contributed by atoms with Crippen LogP contribution in [0.4, 0.5) is 5.82 Å². The van der Waals surface area contributed by atoms with E-state index in [0.717, 1.165) is 29.7 Å². The molecule has 44 heavy (non-hydrogen) atoms. The Morgan fingerprint density at radius 1 is 1.00 bits per heavy atom. The van der Waals surface area contributed by atoms with E-state index in [2.05, 4.69) is 26.2 Å².